The number of aryl methyl sites for hydroxylation is 1. The third-order valence-electron chi connectivity index (χ3n) is 2.36. The second-order valence-corrected chi connectivity index (χ2v) is 4.46. The predicted molar refractivity (Wildman–Crippen MR) is 61.1 cm³/mol. The summed E-state index contributed by atoms with van der Waals surface area (Å²) < 4.78 is 5.21. The predicted octanol–water partition coefficient (Wildman–Crippen LogP) is 0.802. The van der Waals surface area contributed by atoms with Gasteiger partial charge in [0.15, 0.2) is 0 Å². The molecule has 0 unspecified atom stereocenters. The standard InChI is InChI=1S/C11H19N3O2/c1-8-5-9(14-13-8)6-10(15)12-7-11(2,3)16-4/h5H,6-7H2,1-4H3,(H,12,15)(H,13,14). The van der Waals surface area contributed by atoms with Crippen LogP contribution in [0.5, 0.6) is 0 Å². The summed E-state index contributed by atoms with van der Waals surface area (Å²) in [5.74, 6) is -0.0448. The molecule has 16 heavy (non-hydrogen) atoms. The van der Waals surface area contributed by atoms with Gasteiger partial charge < -0.3 is 10.1 Å². The van der Waals surface area contributed by atoms with Crippen molar-refractivity contribution in [2.75, 3.05) is 13.7 Å². The Morgan fingerprint density at radius 2 is 2.31 bits per heavy atom. The number of aromatic nitrogens is 2. The molecule has 0 bridgehead atoms. The second kappa shape index (κ2) is 5.12. The Bertz CT molecular complexity index is 358. The van der Waals surface area contributed by atoms with Crippen molar-refractivity contribution in [3.8, 4) is 0 Å². The van der Waals surface area contributed by atoms with E-state index in [2.05, 4.69) is 15.5 Å². The van der Waals surface area contributed by atoms with Crippen LogP contribution in [0.15, 0.2) is 6.07 Å². The van der Waals surface area contributed by atoms with Crippen LogP contribution in [0.1, 0.15) is 25.2 Å². The molecule has 0 aromatic carbocycles. The summed E-state index contributed by atoms with van der Waals surface area (Å²) >= 11 is 0. The summed E-state index contributed by atoms with van der Waals surface area (Å²) in [5.41, 5.74) is 1.38. The highest BCUT2D eigenvalue weighted by molar-refractivity contribution is 5.78. The van der Waals surface area contributed by atoms with Crippen molar-refractivity contribution in [1.29, 1.82) is 0 Å². The quantitative estimate of drug-likeness (QED) is 0.779. The van der Waals surface area contributed by atoms with Crippen LogP contribution in [0.25, 0.3) is 0 Å². The van der Waals surface area contributed by atoms with Crippen molar-refractivity contribution in [3.05, 3.63) is 17.5 Å². The highest BCUT2D eigenvalue weighted by atomic mass is 16.5. The minimum atomic E-state index is -0.336. The number of hydrogen-bond donors (Lipinski definition) is 2. The van der Waals surface area contributed by atoms with Gasteiger partial charge in [0.05, 0.1) is 17.7 Å². The summed E-state index contributed by atoms with van der Waals surface area (Å²) in [5, 5.41) is 9.62. The van der Waals surface area contributed by atoms with Crippen LogP contribution in [0.2, 0.25) is 0 Å². The zero-order valence-corrected chi connectivity index (χ0v) is 10.3. The van der Waals surface area contributed by atoms with E-state index in [1.54, 1.807) is 7.11 Å². The average molecular weight is 225 g/mol. The number of carbonyl (C=O) groups excluding carboxylic acids is 1. The molecule has 0 fully saturated rings. The maximum Gasteiger partial charge on any atom is 0.226 e. The van der Waals surface area contributed by atoms with Gasteiger partial charge >= 0.3 is 0 Å². The van der Waals surface area contributed by atoms with Crippen molar-refractivity contribution in [3.63, 3.8) is 0 Å². The second-order valence-electron chi connectivity index (χ2n) is 4.46. The van der Waals surface area contributed by atoms with E-state index in [1.807, 2.05) is 26.8 Å². The summed E-state index contributed by atoms with van der Waals surface area (Å²) in [6.45, 7) is 6.24. The topological polar surface area (TPSA) is 67.0 Å². The monoisotopic (exact) mass is 225 g/mol. The van der Waals surface area contributed by atoms with E-state index < -0.39 is 0 Å². The molecule has 0 atom stereocenters. The SMILES string of the molecule is COC(C)(C)CNC(=O)Cc1cc(C)[nH]n1. The van der Waals surface area contributed by atoms with E-state index in [0.29, 0.717) is 13.0 Å². The highest BCUT2D eigenvalue weighted by Gasteiger charge is 2.17. The number of nitrogens with zero attached hydrogens (tertiary/aromatic N) is 1. The molecule has 5 nitrogen and oxygen atoms in total. The van der Waals surface area contributed by atoms with Crippen LogP contribution in [0.3, 0.4) is 0 Å². The zero-order chi connectivity index (χ0) is 12.2. The molecule has 1 aromatic heterocycles. The van der Waals surface area contributed by atoms with E-state index in [0.717, 1.165) is 11.4 Å². The Labute approximate surface area is 95.6 Å². The first-order chi connectivity index (χ1) is 7.43. The lowest BCUT2D eigenvalue weighted by molar-refractivity contribution is -0.121. The molecule has 1 heterocycles. The van der Waals surface area contributed by atoms with Crippen LogP contribution in [0.4, 0.5) is 0 Å². The van der Waals surface area contributed by atoms with Gasteiger partial charge in [-0.25, -0.2) is 0 Å². The third-order valence-corrected chi connectivity index (χ3v) is 2.36. The number of amides is 1. The third kappa shape index (κ3) is 4.02. The number of aromatic amines is 1. The van der Waals surface area contributed by atoms with Crippen LogP contribution >= 0.6 is 0 Å². The van der Waals surface area contributed by atoms with Crippen LogP contribution in [0, 0.1) is 6.92 Å². The summed E-state index contributed by atoms with van der Waals surface area (Å²) in [6, 6.07) is 1.86. The maximum atomic E-state index is 11.6. The smallest absolute Gasteiger partial charge is 0.226 e. The molecule has 1 aromatic rings. The fourth-order valence-corrected chi connectivity index (χ4v) is 1.18. The lowest BCUT2D eigenvalue weighted by Crippen LogP contribution is -2.40. The van der Waals surface area contributed by atoms with Crippen molar-refractivity contribution >= 4 is 5.91 Å². The number of nitrogens with one attached hydrogen (secondary N) is 2. The summed E-state index contributed by atoms with van der Waals surface area (Å²) in [6.07, 6.45) is 0.296. The molecule has 0 aliphatic heterocycles. The summed E-state index contributed by atoms with van der Waals surface area (Å²) in [4.78, 5) is 11.6. The van der Waals surface area contributed by atoms with E-state index in [1.165, 1.54) is 0 Å². The van der Waals surface area contributed by atoms with Gasteiger partial charge in [-0.05, 0) is 26.8 Å². The largest absolute Gasteiger partial charge is 0.377 e. The molecular formula is C11H19N3O2. The lowest BCUT2D eigenvalue weighted by Gasteiger charge is -2.22. The Morgan fingerprint density at radius 1 is 1.62 bits per heavy atom. The maximum absolute atomic E-state index is 11.6. The first-order valence-corrected chi connectivity index (χ1v) is 5.26. The van der Waals surface area contributed by atoms with Crippen molar-refractivity contribution < 1.29 is 9.53 Å². The number of rotatable bonds is 5. The number of methoxy groups -OCH3 is 1. The molecule has 0 spiro atoms. The molecule has 0 saturated heterocycles. The van der Waals surface area contributed by atoms with Gasteiger partial charge in [0.2, 0.25) is 5.91 Å². The Balaban J connectivity index is 2.37. The van der Waals surface area contributed by atoms with E-state index >= 15 is 0 Å². The van der Waals surface area contributed by atoms with Crippen molar-refractivity contribution in [1.82, 2.24) is 15.5 Å². The van der Waals surface area contributed by atoms with E-state index in [9.17, 15) is 4.79 Å². The number of H-pyrrole nitrogens is 1. The molecule has 1 rings (SSSR count). The molecular weight excluding hydrogens is 206 g/mol. The lowest BCUT2D eigenvalue weighted by atomic mass is 10.1. The molecule has 0 radical (unpaired) electrons. The van der Waals surface area contributed by atoms with Crippen LogP contribution in [-0.2, 0) is 16.0 Å². The number of carbonyl (C=O) groups is 1. The highest BCUT2D eigenvalue weighted by Crippen LogP contribution is 2.05. The van der Waals surface area contributed by atoms with Crippen molar-refractivity contribution in [2.24, 2.45) is 0 Å². The molecule has 5 heteroatoms. The molecule has 90 valence electrons. The number of ether oxygens (including phenoxy) is 1. The Morgan fingerprint density at radius 3 is 2.81 bits per heavy atom. The van der Waals surface area contributed by atoms with Gasteiger partial charge in [-0.2, -0.15) is 5.10 Å². The van der Waals surface area contributed by atoms with Gasteiger partial charge in [-0.15, -0.1) is 0 Å². The fraction of sp³-hybridized carbons (Fsp3) is 0.636. The van der Waals surface area contributed by atoms with Crippen LogP contribution < -0.4 is 5.32 Å². The molecule has 0 aliphatic carbocycles. The van der Waals surface area contributed by atoms with Gasteiger partial charge in [-0.1, -0.05) is 0 Å². The van der Waals surface area contributed by atoms with Gasteiger partial charge in [0, 0.05) is 19.3 Å². The first kappa shape index (κ1) is 12.7. The molecule has 0 saturated carbocycles. The molecule has 2 N–H and O–H groups in total. The fourth-order valence-electron chi connectivity index (χ4n) is 1.18. The van der Waals surface area contributed by atoms with E-state index in [-0.39, 0.29) is 11.5 Å². The number of hydrogen-bond acceptors (Lipinski definition) is 3. The van der Waals surface area contributed by atoms with Crippen LogP contribution in [-0.4, -0.2) is 35.4 Å². The Hall–Kier alpha value is -1.36. The normalized spacial score (nSPS) is 11.5. The minimum Gasteiger partial charge on any atom is -0.377 e. The summed E-state index contributed by atoms with van der Waals surface area (Å²) in [7, 11) is 1.63. The van der Waals surface area contributed by atoms with Gasteiger partial charge in [0.1, 0.15) is 0 Å². The average Bonchev–Trinajstić information content (AvgIpc) is 2.61. The Kier molecular flexibility index (Phi) is 4.06. The minimum absolute atomic E-state index is 0.0448. The zero-order valence-electron chi connectivity index (χ0n) is 10.3. The van der Waals surface area contributed by atoms with E-state index in [4.69, 9.17) is 4.74 Å². The first-order valence-electron chi connectivity index (χ1n) is 5.26. The molecule has 1 amide bonds. The molecule has 0 aliphatic rings. The van der Waals surface area contributed by atoms with Gasteiger partial charge in [-0.3, -0.25) is 9.89 Å². The van der Waals surface area contributed by atoms with Crippen molar-refractivity contribution in [2.45, 2.75) is 32.8 Å². The van der Waals surface area contributed by atoms with Gasteiger partial charge in [0.25, 0.3) is 0 Å².